The maximum absolute atomic E-state index is 12.2. The lowest BCUT2D eigenvalue weighted by atomic mass is 9.43. The molecule has 9 heteroatoms. The normalized spacial score (nSPS) is 46.3. The number of aliphatic hydroxyl groups excluding tert-OH is 3. The Hall–Kier alpha value is -0.740. The van der Waals surface area contributed by atoms with Gasteiger partial charge in [0.15, 0.2) is 0 Å². The summed E-state index contributed by atoms with van der Waals surface area (Å²) in [5.41, 5.74) is -0.145. The first-order valence-electron chi connectivity index (χ1n) is 13.5. The summed E-state index contributed by atoms with van der Waals surface area (Å²) >= 11 is 0. The van der Waals surface area contributed by atoms with Crippen LogP contribution in [0.25, 0.3) is 0 Å². The van der Waals surface area contributed by atoms with Gasteiger partial charge in [-0.1, -0.05) is 20.8 Å². The van der Waals surface area contributed by atoms with Crippen LogP contribution in [0.2, 0.25) is 0 Å². The van der Waals surface area contributed by atoms with E-state index in [0.29, 0.717) is 37.5 Å². The Balaban J connectivity index is 1.43. The Morgan fingerprint density at radius 3 is 2.46 bits per heavy atom. The van der Waals surface area contributed by atoms with E-state index in [9.17, 15) is 28.5 Å². The molecule has 5 N–H and O–H groups in total. The van der Waals surface area contributed by atoms with E-state index in [-0.39, 0.29) is 53.1 Å². The van der Waals surface area contributed by atoms with Crippen LogP contribution in [0.1, 0.15) is 78.6 Å². The van der Waals surface area contributed by atoms with Gasteiger partial charge in [0.25, 0.3) is 10.1 Å². The summed E-state index contributed by atoms with van der Waals surface area (Å²) in [5, 5.41) is 35.8. The quantitative estimate of drug-likeness (QED) is 0.327. The average molecular weight is 516 g/mol. The molecular formula is C26H45NO7S. The second kappa shape index (κ2) is 9.86. The van der Waals surface area contributed by atoms with E-state index < -0.39 is 28.1 Å². The fraction of sp³-hybridized carbons (Fsp3) is 0.962. The zero-order valence-corrected chi connectivity index (χ0v) is 22.2. The molecule has 0 aromatic heterocycles. The minimum atomic E-state index is -4.09. The van der Waals surface area contributed by atoms with Gasteiger partial charge in [-0.25, -0.2) is 0 Å². The van der Waals surface area contributed by atoms with Crippen LogP contribution in [-0.4, -0.2) is 64.8 Å². The van der Waals surface area contributed by atoms with Crippen LogP contribution in [0.5, 0.6) is 0 Å². The van der Waals surface area contributed by atoms with Crippen LogP contribution >= 0.6 is 0 Å². The summed E-state index contributed by atoms with van der Waals surface area (Å²) in [7, 11) is -4.09. The molecule has 0 aromatic carbocycles. The number of hydrogen-bond donors (Lipinski definition) is 5. The number of carbonyl (C=O) groups excluding carboxylic acids is 1. The van der Waals surface area contributed by atoms with E-state index in [2.05, 4.69) is 26.1 Å². The number of hydrogen-bond acceptors (Lipinski definition) is 6. The van der Waals surface area contributed by atoms with Crippen LogP contribution in [0, 0.1) is 46.3 Å². The molecule has 8 nitrogen and oxygen atoms in total. The topological polar surface area (TPSA) is 144 Å². The monoisotopic (exact) mass is 515 g/mol. The molecule has 4 saturated carbocycles. The van der Waals surface area contributed by atoms with E-state index >= 15 is 0 Å². The van der Waals surface area contributed by atoms with Gasteiger partial charge in [-0.2, -0.15) is 8.42 Å². The minimum absolute atomic E-state index is 0.0479. The van der Waals surface area contributed by atoms with E-state index in [1.165, 1.54) is 0 Å². The van der Waals surface area contributed by atoms with Crippen LogP contribution in [0.15, 0.2) is 0 Å². The molecule has 11 atom stereocenters. The highest BCUT2D eigenvalue weighted by molar-refractivity contribution is 7.85. The first-order chi connectivity index (χ1) is 16.3. The molecule has 4 fully saturated rings. The number of nitrogens with one attached hydrogen (secondary N) is 1. The summed E-state index contributed by atoms with van der Waals surface area (Å²) in [6.07, 6.45) is 5.60. The lowest BCUT2D eigenvalue weighted by Gasteiger charge is -2.63. The van der Waals surface area contributed by atoms with Crippen molar-refractivity contribution in [2.75, 3.05) is 12.3 Å². The fourth-order valence-electron chi connectivity index (χ4n) is 9.25. The predicted octanol–water partition coefficient (Wildman–Crippen LogP) is 2.37. The highest BCUT2D eigenvalue weighted by Crippen LogP contribution is 2.68. The van der Waals surface area contributed by atoms with Crippen molar-refractivity contribution in [3.63, 3.8) is 0 Å². The Kier molecular flexibility index (Phi) is 7.69. The molecule has 0 heterocycles. The van der Waals surface area contributed by atoms with E-state index in [1.54, 1.807) is 0 Å². The van der Waals surface area contributed by atoms with Gasteiger partial charge >= 0.3 is 0 Å². The summed E-state index contributed by atoms with van der Waals surface area (Å²) < 4.78 is 30.5. The van der Waals surface area contributed by atoms with Crippen molar-refractivity contribution < 1.29 is 33.1 Å². The van der Waals surface area contributed by atoms with Gasteiger partial charge in [-0.15, -0.1) is 0 Å². The van der Waals surface area contributed by atoms with Crippen LogP contribution < -0.4 is 5.32 Å². The van der Waals surface area contributed by atoms with Crippen molar-refractivity contribution in [3.8, 4) is 0 Å². The second-order valence-corrected chi connectivity index (χ2v) is 14.3. The first-order valence-corrected chi connectivity index (χ1v) is 15.1. The van der Waals surface area contributed by atoms with Crippen LogP contribution in [0.3, 0.4) is 0 Å². The zero-order valence-electron chi connectivity index (χ0n) is 21.4. The SMILES string of the molecule is C[C@H](CCC(=O)NCCS(=O)(=O)O)[C@H]1CCC2C3C(O)CC4C[C@H](O)CC[C@]4(C)C3C(O)C[C@@]21C. The summed E-state index contributed by atoms with van der Waals surface area (Å²) in [4.78, 5) is 12.2. The van der Waals surface area contributed by atoms with Crippen molar-refractivity contribution in [2.45, 2.75) is 96.9 Å². The molecule has 1 amide bonds. The smallest absolute Gasteiger partial charge is 0.266 e. The van der Waals surface area contributed by atoms with Crippen molar-refractivity contribution in [3.05, 3.63) is 0 Å². The highest BCUT2D eigenvalue weighted by Gasteiger charge is 2.65. The van der Waals surface area contributed by atoms with Gasteiger partial charge in [-0.05, 0) is 97.7 Å². The van der Waals surface area contributed by atoms with Gasteiger partial charge in [0, 0.05) is 13.0 Å². The molecule has 0 aromatic rings. The largest absolute Gasteiger partial charge is 0.393 e. The standard InChI is InChI=1S/C26H45NO7S/c1-15(4-7-22(31)27-10-11-35(32,33)34)18-5-6-19-23-20(29)13-16-12-17(28)8-9-25(16,2)24(23)21(30)14-26(18,19)3/h15-21,23-24,28-30H,4-14H2,1-3H3,(H,27,31)(H,32,33,34)/t15-,16?,17-,18-,19?,20?,21?,23?,24?,25+,26-/m1/s1. The van der Waals surface area contributed by atoms with E-state index in [4.69, 9.17) is 4.55 Å². The first kappa shape index (κ1) is 27.3. The lowest BCUT2D eigenvalue weighted by Crippen LogP contribution is -2.63. The Morgan fingerprint density at radius 1 is 1.06 bits per heavy atom. The molecular weight excluding hydrogens is 470 g/mol. The molecule has 4 rings (SSSR count). The molecule has 35 heavy (non-hydrogen) atoms. The van der Waals surface area contributed by atoms with Crippen molar-refractivity contribution in [2.24, 2.45) is 46.3 Å². The number of amides is 1. The van der Waals surface area contributed by atoms with Crippen molar-refractivity contribution in [1.29, 1.82) is 0 Å². The van der Waals surface area contributed by atoms with Gasteiger partial charge in [-0.3, -0.25) is 9.35 Å². The highest BCUT2D eigenvalue weighted by atomic mass is 32.2. The number of fused-ring (bicyclic) bond motifs is 5. The zero-order chi connectivity index (χ0) is 25.8. The molecule has 202 valence electrons. The Morgan fingerprint density at radius 2 is 1.77 bits per heavy atom. The molecule has 4 aliphatic rings. The Bertz CT molecular complexity index is 896. The average Bonchev–Trinajstić information content (AvgIpc) is 3.08. The number of rotatable bonds is 7. The van der Waals surface area contributed by atoms with E-state index in [0.717, 1.165) is 32.1 Å². The number of carbonyl (C=O) groups is 1. The molecule has 0 aliphatic heterocycles. The molecule has 0 bridgehead atoms. The van der Waals surface area contributed by atoms with Crippen molar-refractivity contribution in [1.82, 2.24) is 5.32 Å². The minimum Gasteiger partial charge on any atom is -0.393 e. The third-order valence-corrected chi connectivity index (χ3v) is 11.6. The molecule has 0 spiro atoms. The van der Waals surface area contributed by atoms with Gasteiger partial charge < -0.3 is 20.6 Å². The third kappa shape index (κ3) is 5.17. The maximum Gasteiger partial charge on any atom is 0.266 e. The Labute approximate surface area is 210 Å². The van der Waals surface area contributed by atoms with E-state index in [1.807, 2.05) is 0 Å². The predicted molar refractivity (Wildman–Crippen MR) is 132 cm³/mol. The molecule has 0 radical (unpaired) electrons. The third-order valence-electron chi connectivity index (χ3n) is 10.9. The fourth-order valence-corrected chi connectivity index (χ4v) is 9.61. The summed E-state index contributed by atoms with van der Waals surface area (Å²) in [6.45, 7) is 6.64. The van der Waals surface area contributed by atoms with Gasteiger partial charge in [0.05, 0.1) is 24.1 Å². The second-order valence-electron chi connectivity index (χ2n) is 12.8. The number of aliphatic hydroxyl groups is 3. The molecule has 4 aliphatic carbocycles. The van der Waals surface area contributed by atoms with Crippen LogP contribution in [-0.2, 0) is 14.9 Å². The maximum atomic E-state index is 12.2. The van der Waals surface area contributed by atoms with Gasteiger partial charge in [0.2, 0.25) is 5.91 Å². The summed E-state index contributed by atoms with van der Waals surface area (Å²) in [5.74, 6) is 0.618. The van der Waals surface area contributed by atoms with Crippen LogP contribution in [0.4, 0.5) is 0 Å². The molecule has 0 saturated heterocycles. The molecule has 6 unspecified atom stereocenters. The summed E-state index contributed by atoms with van der Waals surface area (Å²) in [6, 6.07) is 0. The van der Waals surface area contributed by atoms with Gasteiger partial charge in [0.1, 0.15) is 0 Å². The van der Waals surface area contributed by atoms with Crippen molar-refractivity contribution >= 4 is 16.0 Å². The lowest BCUT2D eigenvalue weighted by molar-refractivity contribution is -0.213.